The van der Waals surface area contributed by atoms with Crippen LogP contribution in [0.3, 0.4) is 0 Å². The van der Waals surface area contributed by atoms with Gasteiger partial charge >= 0.3 is 6.03 Å². The summed E-state index contributed by atoms with van der Waals surface area (Å²) in [6, 6.07) is 7.16. The van der Waals surface area contributed by atoms with E-state index in [9.17, 15) is 9.59 Å². The standard InChI is InChI=1S/C15H18N2O3/c1-20-12-6-4-5-11(9-12)10-17-13(18)15(16-14(17)19)7-2-3-8-15/h4-6,9H,2-3,7-8,10H2,1H3,(H,16,19). The normalized spacial score (nSPS) is 20.6. The summed E-state index contributed by atoms with van der Waals surface area (Å²) in [5, 5.41) is 2.88. The molecule has 0 radical (unpaired) electrons. The van der Waals surface area contributed by atoms with Crippen molar-refractivity contribution in [3.63, 3.8) is 0 Å². The van der Waals surface area contributed by atoms with Gasteiger partial charge in [-0.3, -0.25) is 9.69 Å². The molecule has 0 aromatic heterocycles. The lowest BCUT2D eigenvalue weighted by atomic mass is 9.98. The lowest BCUT2D eigenvalue weighted by Gasteiger charge is -2.20. The molecule has 1 aliphatic heterocycles. The van der Waals surface area contributed by atoms with Crippen LogP contribution in [0.5, 0.6) is 5.75 Å². The third-order valence-electron chi connectivity index (χ3n) is 4.18. The molecule has 0 unspecified atom stereocenters. The van der Waals surface area contributed by atoms with Crippen molar-refractivity contribution < 1.29 is 14.3 Å². The number of carbonyl (C=O) groups excluding carboxylic acids is 2. The Balaban J connectivity index is 1.80. The van der Waals surface area contributed by atoms with E-state index in [1.165, 1.54) is 4.90 Å². The zero-order chi connectivity index (χ0) is 14.2. The Labute approximate surface area is 117 Å². The maximum absolute atomic E-state index is 12.5. The van der Waals surface area contributed by atoms with E-state index < -0.39 is 5.54 Å². The van der Waals surface area contributed by atoms with Gasteiger partial charge in [-0.15, -0.1) is 0 Å². The average Bonchev–Trinajstić information content (AvgIpc) is 3.01. The van der Waals surface area contributed by atoms with Crippen molar-refractivity contribution in [3.05, 3.63) is 29.8 Å². The minimum Gasteiger partial charge on any atom is -0.497 e. The van der Waals surface area contributed by atoms with Crippen LogP contribution in [0.4, 0.5) is 4.79 Å². The zero-order valence-corrected chi connectivity index (χ0v) is 11.5. The maximum Gasteiger partial charge on any atom is 0.325 e. The molecule has 106 valence electrons. The van der Waals surface area contributed by atoms with Crippen LogP contribution in [-0.4, -0.2) is 29.5 Å². The molecule has 1 saturated heterocycles. The fourth-order valence-electron chi connectivity index (χ4n) is 3.09. The number of hydrogen-bond acceptors (Lipinski definition) is 3. The van der Waals surface area contributed by atoms with Gasteiger partial charge in [0.15, 0.2) is 0 Å². The minimum atomic E-state index is -0.629. The summed E-state index contributed by atoms with van der Waals surface area (Å²) in [4.78, 5) is 25.9. The van der Waals surface area contributed by atoms with Crippen LogP contribution in [-0.2, 0) is 11.3 Å². The molecular weight excluding hydrogens is 256 g/mol. The van der Waals surface area contributed by atoms with E-state index in [-0.39, 0.29) is 11.9 Å². The number of ether oxygens (including phenoxy) is 1. The second-order valence-electron chi connectivity index (χ2n) is 5.46. The predicted octanol–water partition coefficient (Wildman–Crippen LogP) is 2.06. The number of methoxy groups -OCH3 is 1. The Hall–Kier alpha value is -2.04. The summed E-state index contributed by atoms with van der Waals surface area (Å²) in [5.41, 5.74) is 0.263. The minimum absolute atomic E-state index is 0.0807. The van der Waals surface area contributed by atoms with Gasteiger partial charge in [-0.1, -0.05) is 25.0 Å². The van der Waals surface area contributed by atoms with Crippen molar-refractivity contribution in [2.24, 2.45) is 0 Å². The molecule has 2 fully saturated rings. The number of hydrogen-bond donors (Lipinski definition) is 1. The fraction of sp³-hybridized carbons (Fsp3) is 0.467. The van der Waals surface area contributed by atoms with E-state index in [1.54, 1.807) is 7.11 Å². The first kappa shape index (κ1) is 13.0. The first-order chi connectivity index (χ1) is 9.64. The zero-order valence-electron chi connectivity index (χ0n) is 11.5. The van der Waals surface area contributed by atoms with Crippen LogP contribution in [0.25, 0.3) is 0 Å². The largest absolute Gasteiger partial charge is 0.497 e. The molecule has 3 amide bonds. The molecule has 0 bridgehead atoms. The smallest absolute Gasteiger partial charge is 0.325 e. The Kier molecular flexibility index (Phi) is 3.12. The molecule has 1 spiro atoms. The van der Waals surface area contributed by atoms with Crippen molar-refractivity contribution >= 4 is 11.9 Å². The van der Waals surface area contributed by atoms with Crippen molar-refractivity contribution in [1.29, 1.82) is 0 Å². The first-order valence-corrected chi connectivity index (χ1v) is 6.92. The molecule has 2 aliphatic rings. The highest BCUT2D eigenvalue weighted by Crippen LogP contribution is 2.35. The van der Waals surface area contributed by atoms with Gasteiger partial charge in [-0.05, 0) is 30.5 Å². The molecule has 1 heterocycles. The Morgan fingerprint density at radius 3 is 2.75 bits per heavy atom. The van der Waals surface area contributed by atoms with E-state index in [4.69, 9.17) is 4.74 Å². The number of rotatable bonds is 3. The van der Waals surface area contributed by atoms with E-state index in [0.717, 1.165) is 37.0 Å². The van der Waals surface area contributed by atoms with Crippen molar-refractivity contribution in [1.82, 2.24) is 10.2 Å². The van der Waals surface area contributed by atoms with Gasteiger partial charge in [-0.25, -0.2) is 4.79 Å². The van der Waals surface area contributed by atoms with Gasteiger partial charge in [0.1, 0.15) is 11.3 Å². The lowest BCUT2D eigenvalue weighted by Crippen LogP contribution is -2.44. The molecule has 20 heavy (non-hydrogen) atoms. The second-order valence-corrected chi connectivity index (χ2v) is 5.46. The van der Waals surface area contributed by atoms with Gasteiger partial charge in [0.2, 0.25) is 0 Å². The molecule has 3 rings (SSSR count). The average molecular weight is 274 g/mol. The van der Waals surface area contributed by atoms with Gasteiger partial charge in [0.05, 0.1) is 13.7 Å². The molecule has 1 N–H and O–H groups in total. The van der Waals surface area contributed by atoms with E-state index in [0.29, 0.717) is 6.54 Å². The van der Waals surface area contributed by atoms with Crippen molar-refractivity contribution in [2.45, 2.75) is 37.8 Å². The van der Waals surface area contributed by atoms with Crippen LogP contribution in [0, 0.1) is 0 Å². The maximum atomic E-state index is 12.5. The number of carbonyl (C=O) groups is 2. The highest BCUT2D eigenvalue weighted by molar-refractivity contribution is 6.07. The number of imide groups is 1. The molecule has 0 atom stereocenters. The third-order valence-corrected chi connectivity index (χ3v) is 4.18. The van der Waals surface area contributed by atoms with Gasteiger partial charge in [0.25, 0.3) is 5.91 Å². The highest BCUT2D eigenvalue weighted by Gasteiger charge is 2.52. The number of amides is 3. The SMILES string of the molecule is COc1cccc(CN2C(=O)NC3(CCCC3)C2=O)c1. The van der Waals surface area contributed by atoms with E-state index >= 15 is 0 Å². The highest BCUT2D eigenvalue weighted by atomic mass is 16.5. The molecule has 1 aromatic rings. The molecule has 1 aliphatic carbocycles. The Morgan fingerprint density at radius 1 is 1.30 bits per heavy atom. The Morgan fingerprint density at radius 2 is 2.05 bits per heavy atom. The van der Waals surface area contributed by atoms with Gasteiger partial charge in [0, 0.05) is 0 Å². The number of nitrogens with zero attached hydrogens (tertiary/aromatic N) is 1. The summed E-state index contributed by atoms with van der Waals surface area (Å²) >= 11 is 0. The summed E-state index contributed by atoms with van der Waals surface area (Å²) in [5.74, 6) is 0.646. The summed E-state index contributed by atoms with van der Waals surface area (Å²) < 4.78 is 5.16. The summed E-state index contributed by atoms with van der Waals surface area (Å²) in [6.45, 7) is 0.295. The topological polar surface area (TPSA) is 58.6 Å². The first-order valence-electron chi connectivity index (χ1n) is 6.92. The number of benzene rings is 1. The fourth-order valence-corrected chi connectivity index (χ4v) is 3.09. The number of nitrogens with one attached hydrogen (secondary N) is 1. The Bertz CT molecular complexity index is 550. The van der Waals surface area contributed by atoms with Crippen LogP contribution in [0.15, 0.2) is 24.3 Å². The van der Waals surface area contributed by atoms with E-state index in [1.807, 2.05) is 24.3 Å². The van der Waals surface area contributed by atoms with Crippen molar-refractivity contribution in [2.75, 3.05) is 7.11 Å². The van der Waals surface area contributed by atoms with Crippen LogP contribution in [0.1, 0.15) is 31.2 Å². The molecular formula is C15H18N2O3. The summed E-state index contributed by atoms with van der Waals surface area (Å²) in [7, 11) is 1.60. The molecule has 5 heteroatoms. The number of urea groups is 1. The van der Waals surface area contributed by atoms with Crippen molar-refractivity contribution in [3.8, 4) is 5.75 Å². The van der Waals surface area contributed by atoms with Gasteiger partial charge in [-0.2, -0.15) is 0 Å². The molecule has 5 nitrogen and oxygen atoms in total. The third kappa shape index (κ3) is 2.03. The van der Waals surface area contributed by atoms with Crippen LogP contribution < -0.4 is 10.1 Å². The second kappa shape index (κ2) is 4.81. The lowest BCUT2D eigenvalue weighted by molar-refractivity contribution is -0.131. The van der Waals surface area contributed by atoms with Gasteiger partial charge < -0.3 is 10.1 Å². The molecule has 1 aromatic carbocycles. The quantitative estimate of drug-likeness (QED) is 0.858. The summed E-state index contributed by atoms with van der Waals surface area (Å²) in [6.07, 6.45) is 3.51. The monoisotopic (exact) mass is 274 g/mol. The van der Waals surface area contributed by atoms with E-state index in [2.05, 4.69) is 5.32 Å². The predicted molar refractivity (Wildman–Crippen MR) is 73.3 cm³/mol. The molecule has 1 saturated carbocycles. The van der Waals surface area contributed by atoms with Crippen LogP contribution >= 0.6 is 0 Å². The van der Waals surface area contributed by atoms with Crippen LogP contribution in [0.2, 0.25) is 0 Å².